The molecule has 1 amide bonds. The van der Waals surface area contributed by atoms with Crippen molar-refractivity contribution in [1.82, 2.24) is 10.6 Å². The van der Waals surface area contributed by atoms with E-state index in [2.05, 4.69) is 20.9 Å². The fraction of sp³-hybridized carbons (Fsp3) is 0.600. The van der Waals surface area contributed by atoms with Crippen molar-refractivity contribution in [3.05, 3.63) is 28.8 Å². The molecule has 1 aliphatic carbocycles. The van der Waals surface area contributed by atoms with Gasteiger partial charge in [-0.1, -0.05) is 31.0 Å². The maximum Gasteiger partial charge on any atom is 0.226 e. The van der Waals surface area contributed by atoms with E-state index >= 15 is 0 Å². The third-order valence-corrected chi connectivity index (χ3v) is 7.18. The minimum atomic E-state index is -0.748. The minimum absolute atomic E-state index is 0. The van der Waals surface area contributed by atoms with Gasteiger partial charge in [-0.05, 0) is 43.9 Å². The zero-order valence-corrected chi connectivity index (χ0v) is 21.2. The normalized spacial score (nSPS) is 20.3. The van der Waals surface area contributed by atoms with Crippen LogP contribution in [0.15, 0.2) is 23.2 Å². The first-order valence-corrected chi connectivity index (χ1v) is 11.6. The van der Waals surface area contributed by atoms with Crippen molar-refractivity contribution < 1.29 is 9.00 Å². The number of amides is 1. The second-order valence-electron chi connectivity index (χ2n) is 7.01. The Kier molecular flexibility index (Phi) is 12.1. The van der Waals surface area contributed by atoms with Crippen LogP contribution in [0.4, 0.5) is 5.69 Å². The van der Waals surface area contributed by atoms with Crippen LogP contribution in [0.5, 0.6) is 0 Å². The predicted octanol–water partition coefficient (Wildman–Crippen LogP) is 3.84. The quantitative estimate of drug-likeness (QED) is 0.272. The van der Waals surface area contributed by atoms with E-state index in [-0.39, 0.29) is 41.2 Å². The highest BCUT2D eigenvalue weighted by Crippen LogP contribution is 2.23. The Bertz CT molecular complexity index is 732. The minimum Gasteiger partial charge on any atom is -0.356 e. The van der Waals surface area contributed by atoms with E-state index in [1.807, 2.05) is 26.0 Å². The van der Waals surface area contributed by atoms with Crippen molar-refractivity contribution in [2.75, 3.05) is 24.7 Å². The van der Waals surface area contributed by atoms with Crippen molar-refractivity contribution in [3.63, 3.8) is 0 Å². The summed E-state index contributed by atoms with van der Waals surface area (Å²) in [5, 5.41) is 10.4. The number of rotatable bonds is 7. The van der Waals surface area contributed by atoms with Crippen LogP contribution < -0.4 is 16.0 Å². The first kappa shape index (κ1) is 26.2. The molecular weight excluding hydrogens is 523 g/mol. The summed E-state index contributed by atoms with van der Waals surface area (Å²) in [7, 11) is 0.969. The van der Waals surface area contributed by atoms with Crippen molar-refractivity contribution in [3.8, 4) is 0 Å². The molecule has 1 aromatic rings. The van der Waals surface area contributed by atoms with E-state index in [9.17, 15) is 9.00 Å². The Morgan fingerprint density at radius 3 is 2.79 bits per heavy atom. The fourth-order valence-corrected chi connectivity index (χ4v) is 4.91. The average Bonchev–Trinajstić information content (AvgIpc) is 2.70. The molecule has 1 aromatic carbocycles. The standard InChI is InChI=1S/C20H31ClN4O2S.HI/c1-4-28(27)16-8-5-7-15(13-16)24-20(22-3)23-12-11-19(26)25-18-10-6-9-17(21)14(18)2;/h6,9-10,15-16H,4-5,7-8,11-13H2,1-3H3,(H,25,26)(H2,22,23,24);1H. The first-order chi connectivity index (χ1) is 13.4. The molecule has 1 fully saturated rings. The number of benzene rings is 1. The monoisotopic (exact) mass is 554 g/mol. The first-order valence-electron chi connectivity index (χ1n) is 9.83. The number of carbonyl (C=O) groups is 1. The lowest BCUT2D eigenvalue weighted by Crippen LogP contribution is -2.47. The van der Waals surface area contributed by atoms with Crippen LogP contribution in [0.25, 0.3) is 0 Å². The van der Waals surface area contributed by atoms with Crippen molar-refractivity contribution in [1.29, 1.82) is 0 Å². The molecule has 6 nitrogen and oxygen atoms in total. The number of hydrogen-bond acceptors (Lipinski definition) is 3. The molecule has 0 aromatic heterocycles. The van der Waals surface area contributed by atoms with E-state index in [1.54, 1.807) is 13.1 Å². The van der Waals surface area contributed by atoms with E-state index < -0.39 is 10.8 Å². The molecule has 3 atom stereocenters. The van der Waals surface area contributed by atoms with E-state index in [0.29, 0.717) is 29.7 Å². The van der Waals surface area contributed by atoms with Crippen LogP contribution in [0.2, 0.25) is 5.02 Å². The highest BCUT2D eigenvalue weighted by molar-refractivity contribution is 14.0. The third kappa shape index (κ3) is 8.41. The second-order valence-corrected chi connectivity index (χ2v) is 9.42. The summed E-state index contributed by atoms with van der Waals surface area (Å²) in [5.74, 6) is 1.31. The van der Waals surface area contributed by atoms with Gasteiger partial charge in [0.25, 0.3) is 0 Å². The maximum atomic E-state index is 12.2. The summed E-state index contributed by atoms with van der Waals surface area (Å²) in [6, 6.07) is 5.73. The van der Waals surface area contributed by atoms with Crippen LogP contribution in [0.1, 0.15) is 44.6 Å². The summed E-state index contributed by atoms with van der Waals surface area (Å²) >= 11 is 6.09. The number of guanidine groups is 1. The van der Waals surface area contributed by atoms with Gasteiger partial charge in [-0.15, -0.1) is 24.0 Å². The lowest BCUT2D eigenvalue weighted by molar-refractivity contribution is -0.116. The Balaban J connectivity index is 0.00000420. The molecule has 0 bridgehead atoms. The average molecular weight is 555 g/mol. The molecule has 0 spiro atoms. The van der Waals surface area contributed by atoms with Crippen LogP contribution in [-0.4, -0.2) is 46.7 Å². The Morgan fingerprint density at radius 1 is 1.34 bits per heavy atom. The molecule has 0 heterocycles. The van der Waals surface area contributed by atoms with Gasteiger partial charge in [0, 0.05) is 58.6 Å². The Labute approximate surface area is 198 Å². The molecule has 1 aliphatic rings. The van der Waals surface area contributed by atoms with Crippen molar-refractivity contribution in [2.24, 2.45) is 4.99 Å². The zero-order valence-electron chi connectivity index (χ0n) is 17.3. The number of hydrogen-bond donors (Lipinski definition) is 3. The molecular formula is C20H32ClIN4O2S. The molecule has 0 radical (unpaired) electrons. The number of nitrogens with zero attached hydrogens (tertiary/aromatic N) is 1. The molecule has 0 saturated heterocycles. The Morgan fingerprint density at radius 2 is 2.10 bits per heavy atom. The SMILES string of the molecule is CCS(=O)C1CCCC(NC(=NC)NCCC(=O)Nc2cccc(Cl)c2C)C1.I. The molecule has 0 aliphatic heterocycles. The smallest absolute Gasteiger partial charge is 0.226 e. The van der Waals surface area contributed by atoms with Gasteiger partial charge >= 0.3 is 0 Å². The van der Waals surface area contributed by atoms with Gasteiger partial charge in [0.1, 0.15) is 0 Å². The lowest BCUT2D eigenvalue weighted by atomic mass is 9.95. The zero-order chi connectivity index (χ0) is 20.5. The van der Waals surface area contributed by atoms with Crippen molar-refractivity contribution in [2.45, 2.75) is 57.2 Å². The topological polar surface area (TPSA) is 82.6 Å². The predicted molar refractivity (Wildman–Crippen MR) is 134 cm³/mol. The number of nitrogens with one attached hydrogen (secondary N) is 3. The summed E-state index contributed by atoms with van der Waals surface area (Å²) in [4.78, 5) is 16.4. The van der Waals surface area contributed by atoms with Gasteiger partial charge in [0.2, 0.25) is 5.91 Å². The van der Waals surface area contributed by atoms with Crippen LogP contribution in [0.3, 0.4) is 0 Å². The Hall–Kier alpha value is -0.870. The number of anilines is 1. The van der Waals surface area contributed by atoms with E-state index in [1.165, 1.54) is 0 Å². The third-order valence-electron chi connectivity index (χ3n) is 5.03. The van der Waals surface area contributed by atoms with Gasteiger partial charge in [-0.25, -0.2) is 0 Å². The van der Waals surface area contributed by atoms with Gasteiger partial charge in [0.05, 0.1) is 0 Å². The van der Waals surface area contributed by atoms with Gasteiger partial charge in [-0.2, -0.15) is 0 Å². The van der Waals surface area contributed by atoms with Crippen LogP contribution >= 0.6 is 35.6 Å². The summed E-state index contributed by atoms with van der Waals surface area (Å²) in [5.41, 5.74) is 1.59. The van der Waals surface area contributed by atoms with Crippen molar-refractivity contribution >= 4 is 63.9 Å². The number of carbonyl (C=O) groups excluding carboxylic acids is 1. The largest absolute Gasteiger partial charge is 0.356 e. The highest BCUT2D eigenvalue weighted by Gasteiger charge is 2.26. The van der Waals surface area contributed by atoms with Gasteiger partial charge < -0.3 is 16.0 Å². The molecule has 164 valence electrons. The highest BCUT2D eigenvalue weighted by atomic mass is 127. The number of aliphatic imine (C=N–C) groups is 1. The lowest BCUT2D eigenvalue weighted by Gasteiger charge is -2.30. The maximum absolute atomic E-state index is 12.2. The molecule has 3 N–H and O–H groups in total. The summed E-state index contributed by atoms with van der Waals surface area (Å²) in [6.45, 7) is 4.33. The van der Waals surface area contributed by atoms with Gasteiger partial charge in [0.15, 0.2) is 5.96 Å². The fourth-order valence-electron chi connectivity index (χ4n) is 3.39. The van der Waals surface area contributed by atoms with Gasteiger partial charge in [-0.3, -0.25) is 14.0 Å². The molecule has 1 saturated carbocycles. The van der Waals surface area contributed by atoms with E-state index in [4.69, 9.17) is 11.6 Å². The summed E-state index contributed by atoms with van der Waals surface area (Å²) in [6.07, 6.45) is 4.38. The summed E-state index contributed by atoms with van der Waals surface area (Å²) < 4.78 is 12.1. The second kappa shape index (κ2) is 13.4. The molecule has 2 rings (SSSR count). The van der Waals surface area contributed by atoms with Crippen LogP contribution in [0, 0.1) is 6.92 Å². The number of halogens is 2. The van der Waals surface area contributed by atoms with E-state index in [0.717, 1.165) is 36.9 Å². The molecule has 9 heteroatoms. The van der Waals surface area contributed by atoms with Crippen LogP contribution in [-0.2, 0) is 15.6 Å². The molecule has 29 heavy (non-hydrogen) atoms. The molecule has 3 unspecified atom stereocenters.